The van der Waals surface area contributed by atoms with Crippen LogP contribution in [0.15, 0.2) is 30.3 Å². The molecular formula is C14H21N. The van der Waals surface area contributed by atoms with Crippen LogP contribution in [0.2, 0.25) is 0 Å². The van der Waals surface area contributed by atoms with Crippen molar-refractivity contribution in [3.63, 3.8) is 0 Å². The third kappa shape index (κ3) is 2.34. The number of benzene rings is 1. The molecule has 0 aliphatic carbocycles. The molecule has 0 spiro atoms. The minimum atomic E-state index is 0.837. The van der Waals surface area contributed by atoms with Gasteiger partial charge in [-0.15, -0.1) is 0 Å². The zero-order chi connectivity index (χ0) is 10.7. The first kappa shape index (κ1) is 10.5. The van der Waals surface area contributed by atoms with Gasteiger partial charge in [-0.25, -0.2) is 0 Å². The fourth-order valence-corrected chi connectivity index (χ4v) is 2.67. The third-order valence-corrected chi connectivity index (χ3v) is 3.73. The molecule has 0 saturated carbocycles. The van der Waals surface area contributed by atoms with E-state index < -0.39 is 0 Å². The largest absolute Gasteiger partial charge is 0.371 e. The van der Waals surface area contributed by atoms with Gasteiger partial charge in [-0.2, -0.15) is 0 Å². The molecule has 0 aromatic heterocycles. The van der Waals surface area contributed by atoms with E-state index in [1.807, 2.05) is 0 Å². The quantitative estimate of drug-likeness (QED) is 0.710. The van der Waals surface area contributed by atoms with Crippen molar-refractivity contribution >= 4 is 5.69 Å². The van der Waals surface area contributed by atoms with Crippen LogP contribution in [0.25, 0.3) is 0 Å². The topological polar surface area (TPSA) is 3.24 Å². The van der Waals surface area contributed by atoms with E-state index in [4.69, 9.17) is 0 Å². The maximum Gasteiger partial charge on any atom is 0.0366 e. The van der Waals surface area contributed by atoms with Gasteiger partial charge < -0.3 is 4.90 Å². The highest BCUT2D eigenvalue weighted by Crippen LogP contribution is 2.28. The van der Waals surface area contributed by atoms with Crippen LogP contribution in [0.4, 0.5) is 5.69 Å². The molecule has 0 radical (unpaired) electrons. The van der Waals surface area contributed by atoms with Gasteiger partial charge in [0.2, 0.25) is 0 Å². The molecule has 1 fully saturated rings. The maximum atomic E-state index is 2.52. The van der Waals surface area contributed by atoms with E-state index in [2.05, 4.69) is 49.1 Å². The van der Waals surface area contributed by atoms with E-state index in [9.17, 15) is 0 Å². The Labute approximate surface area is 93.1 Å². The molecule has 0 amide bonds. The number of hydrogen-bond acceptors (Lipinski definition) is 1. The van der Waals surface area contributed by atoms with Crippen molar-refractivity contribution < 1.29 is 0 Å². The van der Waals surface area contributed by atoms with Gasteiger partial charge in [0, 0.05) is 18.8 Å². The van der Waals surface area contributed by atoms with Gasteiger partial charge in [0.1, 0.15) is 0 Å². The van der Waals surface area contributed by atoms with Crippen LogP contribution in [0.1, 0.15) is 26.7 Å². The minimum absolute atomic E-state index is 0.837. The number of rotatable bonds is 2. The lowest BCUT2D eigenvalue weighted by Gasteiger charge is -2.38. The first-order valence-electron chi connectivity index (χ1n) is 6.11. The van der Waals surface area contributed by atoms with Gasteiger partial charge in [-0.3, -0.25) is 0 Å². The number of para-hydroxylation sites is 1. The fraction of sp³-hybridized carbons (Fsp3) is 0.571. The summed E-state index contributed by atoms with van der Waals surface area (Å²) in [6.45, 7) is 7.16. The second-order valence-electron chi connectivity index (χ2n) is 4.72. The van der Waals surface area contributed by atoms with Gasteiger partial charge in [0.25, 0.3) is 0 Å². The molecule has 2 atom stereocenters. The van der Waals surface area contributed by atoms with E-state index in [0.29, 0.717) is 0 Å². The maximum absolute atomic E-state index is 2.52. The Hall–Kier alpha value is -0.980. The molecule has 2 unspecified atom stereocenters. The average Bonchev–Trinajstić information content (AvgIpc) is 2.30. The average molecular weight is 203 g/mol. The van der Waals surface area contributed by atoms with Crippen molar-refractivity contribution in [3.05, 3.63) is 30.3 Å². The summed E-state index contributed by atoms with van der Waals surface area (Å²) in [6, 6.07) is 10.8. The molecule has 1 aliphatic heterocycles. The predicted molar refractivity (Wildman–Crippen MR) is 66.2 cm³/mol. The highest BCUT2D eigenvalue weighted by molar-refractivity contribution is 5.46. The van der Waals surface area contributed by atoms with Crippen LogP contribution in [0.5, 0.6) is 0 Å². The highest BCUT2D eigenvalue weighted by atomic mass is 15.1. The van der Waals surface area contributed by atoms with Gasteiger partial charge in [-0.1, -0.05) is 38.5 Å². The summed E-state index contributed by atoms with van der Waals surface area (Å²) in [4.78, 5) is 2.52. The number of piperidine rings is 1. The zero-order valence-corrected chi connectivity index (χ0v) is 9.82. The lowest BCUT2D eigenvalue weighted by molar-refractivity contribution is 0.291. The van der Waals surface area contributed by atoms with E-state index in [0.717, 1.165) is 11.8 Å². The van der Waals surface area contributed by atoms with Gasteiger partial charge in [0.05, 0.1) is 0 Å². The van der Waals surface area contributed by atoms with Crippen molar-refractivity contribution in [2.45, 2.75) is 26.7 Å². The SMILES string of the molecule is CCC1CCN(c2ccccc2)CC1C. The van der Waals surface area contributed by atoms with Gasteiger partial charge in [0.15, 0.2) is 0 Å². The fourth-order valence-electron chi connectivity index (χ4n) is 2.67. The molecule has 1 aromatic carbocycles. The van der Waals surface area contributed by atoms with E-state index in [-0.39, 0.29) is 0 Å². The summed E-state index contributed by atoms with van der Waals surface area (Å²) in [7, 11) is 0. The Bertz CT molecular complexity index is 293. The van der Waals surface area contributed by atoms with Crippen LogP contribution >= 0.6 is 0 Å². The summed E-state index contributed by atoms with van der Waals surface area (Å²) < 4.78 is 0. The van der Waals surface area contributed by atoms with Crippen LogP contribution in [0.3, 0.4) is 0 Å². The van der Waals surface area contributed by atoms with E-state index in [1.54, 1.807) is 0 Å². The molecule has 0 bridgehead atoms. The summed E-state index contributed by atoms with van der Waals surface area (Å²) in [5, 5.41) is 0. The van der Waals surface area contributed by atoms with Crippen molar-refractivity contribution in [2.75, 3.05) is 18.0 Å². The molecule has 82 valence electrons. The van der Waals surface area contributed by atoms with Crippen molar-refractivity contribution in [3.8, 4) is 0 Å². The smallest absolute Gasteiger partial charge is 0.0366 e. The van der Waals surface area contributed by atoms with Crippen LogP contribution in [-0.2, 0) is 0 Å². The van der Waals surface area contributed by atoms with Crippen molar-refractivity contribution in [1.82, 2.24) is 0 Å². The molecule has 15 heavy (non-hydrogen) atoms. The second-order valence-corrected chi connectivity index (χ2v) is 4.72. The lowest BCUT2D eigenvalue weighted by atomic mass is 9.85. The van der Waals surface area contributed by atoms with Crippen molar-refractivity contribution in [2.24, 2.45) is 11.8 Å². The Balaban J connectivity index is 2.03. The zero-order valence-electron chi connectivity index (χ0n) is 9.82. The molecule has 2 rings (SSSR count). The molecule has 1 aliphatic rings. The number of anilines is 1. The summed E-state index contributed by atoms with van der Waals surface area (Å²) in [6.07, 6.45) is 2.69. The van der Waals surface area contributed by atoms with E-state index >= 15 is 0 Å². The van der Waals surface area contributed by atoms with Crippen LogP contribution < -0.4 is 4.90 Å². The molecular weight excluding hydrogens is 182 g/mol. The molecule has 1 saturated heterocycles. The Morgan fingerprint density at radius 2 is 2.00 bits per heavy atom. The van der Waals surface area contributed by atoms with Gasteiger partial charge in [-0.05, 0) is 30.4 Å². The first-order chi connectivity index (χ1) is 7.31. The summed E-state index contributed by atoms with van der Waals surface area (Å²) in [5.41, 5.74) is 1.39. The van der Waals surface area contributed by atoms with Gasteiger partial charge >= 0.3 is 0 Å². The Morgan fingerprint density at radius 1 is 1.27 bits per heavy atom. The molecule has 1 heterocycles. The number of nitrogens with zero attached hydrogens (tertiary/aromatic N) is 1. The molecule has 1 nitrogen and oxygen atoms in total. The standard InChI is InChI=1S/C14H21N/c1-3-13-9-10-15(11-12(13)2)14-7-5-4-6-8-14/h4-8,12-13H,3,9-11H2,1-2H3. The second kappa shape index (κ2) is 4.69. The molecule has 0 N–H and O–H groups in total. The first-order valence-corrected chi connectivity index (χ1v) is 6.11. The van der Waals surface area contributed by atoms with Crippen LogP contribution in [0, 0.1) is 11.8 Å². The minimum Gasteiger partial charge on any atom is -0.371 e. The molecule has 1 heteroatoms. The number of hydrogen-bond donors (Lipinski definition) is 0. The van der Waals surface area contributed by atoms with Crippen LogP contribution in [-0.4, -0.2) is 13.1 Å². The summed E-state index contributed by atoms with van der Waals surface area (Å²) >= 11 is 0. The summed E-state index contributed by atoms with van der Waals surface area (Å²) in [5.74, 6) is 1.77. The van der Waals surface area contributed by atoms with Crippen molar-refractivity contribution in [1.29, 1.82) is 0 Å². The normalized spacial score (nSPS) is 26.7. The lowest BCUT2D eigenvalue weighted by Crippen LogP contribution is -2.39. The highest BCUT2D eigenvalue weighted by Gasteiger charge is 2.24. The Kier molecular flexibility index (Phi) is 3.30. The Morgan fingerprint density at radius 3 is 2.60 bits per heavy atom. The molecule has 1 aromatic rings. The van der Waals surface area contributed by atoms with E-state index in [1.165, 1.54) is 31.6 Å². The predicted octanol–water partition coefficient (Wildman–Crippen LogP) is 3.56. The third-order valence-electron chi connectivity index (χ3n) is 3.73. The monoisotopic (exact) mass is 203 g/mol.